The number of carbonyl (C=O) groups is 4. The van der Waals surface area contributed by atoms with Gasteiger partial charge < -0.3 is 18.9 Å². The molecule has 0 unspecified atom stereocenters. The van der Waals surface area contributed by atoms with Crippen LogP contribution in [-0.2, 0) is 38.1 Å². The summed E-state index contributed by atoms with van der Waals surface area (Å²) in [5.41, 5.74) is -0.0255. The van der Waals surface area contributed by atoms with Crippen molar-refractivity contribution in [3.05, 3.63) is 287 Å². The Morgan fingerprint density at radius 2 is 0.407 bits per heavy atom. The molecule has 12 heteroatoms. The Balaban J connectivity index is 1.31. The molecule has 0 amide bonds. The van der Waals surface area contributed by atoms with Gasteiger partial charge >= 0.3 is 23.9 Å². The van der Waals surface area contributed by atoms with Gasteiger partial charge in [0.1, 0.15) is 56.1 Å². The zero-order valence-corrected chi connectivity index (χ0v) is 43.5. The van der Waals surface area contributed by atoms with Crippen LogP contribution in [0.3, 0.4) is 0 Å². The largest absolute Gasteiger partial charge is 0.461 e. The number of esters is 4. The van der Waals surface area contributed by atoms with Crippen molar-refractivity contribution in [2.24, 2.45) is 5.41 Å². The number of nitrogens with zero attached hydrogens (tertiary/aromatic N) is 4. The molecule has 0 saturated carbocycles. The Labute approximate surface area is 468 Å². The number of rotatable bonds is 20. The highest BCUT2D eigenvalue weighted by atomic mass is 16.6. The average molecular weight is 1060 g/mol. The molecule has 0 aliphatic heterocycles. The molecule has 392 valence electrons. The average Bonchev–Trinajstić information content (AvgIpc) is 3.54. The highest BCUT2D eigenvalue weighted by Crippen LogP contribution is 2.35. The number of ether oxygens (including phenoxy) is 4. The molecule has 0 saturated heterocycles. The first-order valence-corrected chi connectivity index (χ1v) is 25.4. The number of hydrogen-bond acceptors (Lipinski definition) is 12. The molecule has 8 rings (SSSR count). The molecule has 0 heterocycles. The van der Waals surface area contributed by atoms with Crippen LogP contribution in [0.2, 0.25) is 0 Å². The van der Waals surface area contributed by atoms with Crippen LogP contribution in [0.1, 0.15) is 44.5 Å². The van der Waals surface area contributed by atoms with Crippen molar-refractivity contribution >= 4 is 68.5 Å². The maximum Gasteiger partial charge on any atom is 0.340 e. The van der Waals surface area contributed by atoms with Crippen LogP contribution in [0.4, 0.5) is 0 Å². The summed E-state index contributed by atoms with van der Waals surface area (Å²) in [5.74, 6) is -4.12. The third kappa shape index (κ3) is 13.8. The van der Waals surface area contributed by atoms with E-state index in [0.29, 0.717) is 44.5 Å². The zero-order valence-electron chi connectivity index (χ0n) is 43.5. The zero-order chi connectivity index (χ0) is 56.8. The quantitative estimate of drug-likeness (QED) is 0.0230. The van der Waals surface area contributed by atoms with Crippen LogP contribution >= 0.6 is 0 Å². The van der Waals surface area contributed by atoms with E-state index in [4.69, 9.17) is 18.9 Å². The molecule has 0 aromatic heterocycles. The topological polar surface area (TPSA) is 200 Å². The Kier molecular flexibility index (Phi) is 19.0. The van der Waals surface area contributed by atoms with Gasteiger partial charge in [-0.15, -0.1) is 0 Å². The van der Waals surface area contributed by atoms with E-state index in [0.717, 1.165) is 0 Å². The number of allylic oxidation sites excluding steroid dienone is 4. The van der Waals surface area contributed by atoms with Gasteiger partial charge in [-0.1, -0.05) is 243 Å². The second kappa shape index (κ2) is 27.6. The number of benzene rings is 8. The standard InChI is InChI=1S/C69H48N4O8/c70-41-57(49-25-9-1-10-26-49)61(53-33-17-5-18-34-53)65(74)78-45-69(46-79-66(75)62(54-35-19-6-20-36-54)58(42-71)50-27-11-2-12-28-50,47-80-67(76)63(55-37-21-7-22-38-55)59(43-72)51-29-13-3-14-30-51)48-81-68(77)64(56-39-23-8-24-40-56)60(44-73)52-31-15-4-16-32-52/h1-40H,45-48H2/b61-57-,62-58+,63-59+,64-60+. The van der Waals surface area contributed by atoms with Crippen LogP contribution in [0.25, 0.3) is 44.6 Å². The van der Waals surface area contributed by atoms with Gasteiger partial charge in [-0.25, -0.2) is 19.2 Å². The first kappa shape index (κ1) is 55.8. The van der Waals surface area contributed by atoms with Crippen molar-refractivity contribution in [3.8, 4) is 24.3 Å². The molecular formula is C69H48N4O8. The van der Waals surface area contributed by atoms with Crippen molar-refractivity contribution in [2.45, 2.75) is 0 Å². The number of hydrogen-bond donors (Lipinski definition) is 0. The minimum Gasteiger partial charge on any atom is -0.461 e. The predicted molar refractivity (Wildman–Crippen MR) is 308 cm³/mol. The monoisotopic (exact) mass is 1060 g/mol. The number of nitriles is 4. The van der Waals surface area contributed by atoms with E-state index >= 15 is 19.2 Å². The predicted octanol–water partition coefficient (Wildman–Crippen LogP) is 12.7. The smallest absolute Gasteiger partial charge is 0.340 e. The first-order chi connectivity index (χ1) is 39.7. The fraction of sp³-hybridized carbons (Fsp3) is 0.0725. The highest BCUT2D eigenvalue weighted by molar-refractivity contribution is 6.29. The maximum absolute atomic E-state index is 15.0. The van der Waals surface area contributed by atoms with E-state index in [2.05, 4.69) is 24.3 Å². The number of carbonyl (C=O) groups excluding carboxylic acids is 4. The third-order valence-corrected chi connectivity index (χ3v) is 12.8. The van der Waals surface area contributed by atoms with Gasteiger partial charge in [0.2, 0.25) is 0 Å². The van der Waals surface area contributed by atoms with Crippen molar-refractivity contribution < 1.29 is 38.1 Å². The Hall–Kier alpha value is -11.4. The fourth-order valence-corrected chi connectivity index (χ4v) is 8.77. The summed E-state index contributed by atoms with van der Waals surface area (Å²) < 4.78 is 25.0. The Morgan fingerprint density at radius 1 is 0.259 bits per heavy atom. The van der Waals surface area contributed by atoms with Gasteiger partial charge in [-0.2, -0.15) is 21.0 Å². The van der Waals surface area contributed by atoms with E-state index in [9.17, 15) is 21.0 Å². The summed E-state index contributed by atoms with van der Waals surface area (Å²) in [7, 11) is 0. The molecule has 0 fully saturated rings. The van der Waals surface area contributed by atoms with Gasteiger partial charge in [-0.05, 0) is 44.5 Å². The van der Waals surface area contributed by atoms with Gasteiger partial charge in [0.05, 0.1) is 44.6 Å². The summed E-state index contributed by atoms with van der Waals surface area (Å²) in [6.45, 7) is -3.33. The lowest BCUT2D eigenvalue weighted by molar-refractivity contribution is -0.162. The molecule has 0 atom stereocenters. The summed E-state index contributed by atoms with van der Waals surface area (Å²) in [5, 5.41) is 42.9. The van der Waals surface area contributed by atoms with Crippen LogP contribution in [-0.4, -0.2) is 50.3 Å². The molecule has 0 aliphatic rings. The van der Waals surface area contributed by atoms with E-state index in [-0.39, 0.29) is 44.6 Å². The van der Waals surface area contributed by atoms with E-state index in [1.165, 1.54) is 0 Å². The molecule has 0 N–H and O–H groups in total. The van der Waals surface area contributed by atoms with Crippen molar-refractivity contribution in [2.75, 3.05) is 26.4 Å². The van der Waals surface area contributed by atoms with Crippen LogP contribution in [0.5, 0.6) is 0 Å². The van der Waals surface area contributed by atoms with Gasteiger partial charge in [-0.3, -0.25) is 0 Å². The lowest BCUT2D eigenvalue weighted by Crippen LogP contribution is -2.44. The maximum atomic E-state index is 15.0. The summed E-state index contributed by atoms with van der Waals surface area (Å²) in [4.78, 5) is 60.1. The molecule has 8 aromatic rings. The van der Waals surface area contributed by atoms with E-state index in [1.807, 2.05) is 0 Å². The summed E-state index contributed by atoms with van der Waals surface area (Å²) in [6.07, 6.45) is 0. The van der Waals surface area contributed by atoms with E-state index in [1.54, 1.807) is 243 Å². The SMILES string of the molecule is N#C/C(=C(\C(=O)OCC(COC(=O)/C(=C(\C#N)c1ccccc1)c1ccccc1)(COC(=O)/C(=C(\C#N)c1ccccc1)c1ccccc1)COC(=O)/C(=C(/C#N)c1ccccc1)c1ccccc1)c1ccccc1)c1ccccc1. The lowest BCUT2D eigenvalue weighted by Gasteiger charge is -2.32. The van der Waals surface area contributed by atoms with Crippen molar-refractivity contribution in [3.63, 3.8) is 0 Å². The van der Waals surface area contributed by atoms with Crippen LogP contribution in [0, 0.1) is 50.7 Å². The Bertz CT molecular complexity index is 3330. The molecule has 81 heavy (non-hydrogen) atoms. The second-order valence-electron chi connectivity index (χ2n) is 18.2. The second-order valence-corrected chi connectivity index (χ2v) is 18.2. The molecule has 12 nitrogen and oxygen atoms in total. The Morgan fingerprint density at radius 3 is 0.556 bits per heavy atom. The molecule has 8 aromatic carbocycles. The summed E-state index contributed by atoms with van der Waals surface area (Å²) >= 11 is 0. The van der Waals surface area contributed by atoms with Crippen LogP contribution in [0.15, 0.2) is 243 Å². The third-order valence-electron chi connectivity index (χ3n) is 12.8. The van der Waals surface area contributed by atoms with Gasteiger partial charge in [0, 0.05) is 0 Å². The molecule has 0 radical (unpaired) electrons. The lowest BCUT2D eigenvalue weighted by atomic mass is 9.90. The van der Waals surface area contributed by atoms with E-state index < -0.39 is 55.7 Å². The molecule has 0 aliphatic carbocycles. The molecule has 0 spiro atoms. The summed E-state index contributed by atoms with van der Waals surface area (Å²) in [6, 6.07) is 76.0. The molecular weight excluding hydrogens is 1010 g/mol. The highest BCUT2D eigenvalue weighted by Gasteiger charge is 2.41. The fourth-order valence-electron chi connectivity index (χ4n) is 8.77. The van der Waals surface area contributed by atoms with Crippen LogP contribution < -0.4 is 0 Å². The van der Waals surface area contributed by atoms with Gasteiger partial charge in [0.15, 0.2) is 0 Å². The first-order valence-electron chi connectivity index (χ1n) is 25.4. The normalized spacial score (nSPS) is 12.1. The van der Waals surface area contributed by atoms with Gasteiger partial charge in [0.25, 0.3) is 0 Å². The minimum absolute atomic E-state index is 0.0468. The molecule has 0 bridgehead atoms. The van der Waals surface area contributed by atoms with Crippen molar-refractivity contribution in [1.29, 1.82) is 21.0 Å². The minimum atomic E-state index is -2.07. The van der Waals surface area contributed by atoms with Crippen molar-refractivity contribution in [1.82, 2.24) is 0 Å².